The molecule has 0 amide bonds. The molecular formula is C10H15Cl2Ti. The van der Waals surface area contributed by atoms with Gasteiger partial charge in [-0.25, -0.2) is 0 Å². The van der Waals surface area contributed by atoms with Crippen molar-refractivity contribution in [1.29, 1.82) is 0 Å². The fourth-order valence-electron chi connectivity index (χ4n) is 1.80. The first kappa shape index (κ1) is 11.8. The molecule has 0 heterocycles. The van der Waals surface area contributed by atoms with Crippen LogP contribution in [-0.2, 0) is 17.9 Å². The first-order valence-electron chi connectivity index (χ1n) is 4.40. The van der Waals surface area contributed by atoms with Gasteiger partial charge in [-0.05, 0) is 0 Å². The van der Waals surface area contributed by atoms with Crippen LogP contribution in [0.25, 0.3) is 0 Å². The summed E-state index contributed by atoms with van der Waals surface area (Å²) in [7, 11) is 0. The first-order chi connectivity index (χ1) is 6.04. The normalized spacial score (nSPS) is 27.2. The molecule has 0 saturated carbocycles. The zero-order chi connectivity index (χ0) is 10.1. The van der Waals surface area contributed by atoms with Gasteiger partial charge in [-0.3, -0.25) is 0 Å². The Kier molecular flexibility index (Phi) is 4.13. The Bertz CT molecular complexity index is 254. The molecule has 0 aliphatic heterocycles. The topological polar surface area (TPSA) is 0 Å². The second kappa shape index (κ2) is 4.53. The number of halogens is 2. The summed E-state index contributed by atoms with van der Waals surface area (Å²) in [5.41, 5.74) is 2.81. The van der Waals surface area contributed by atoms with Gasteiger partial charge in [-0.2, -0.15) is 0 Å². The van der Waals surface area contributed by atoms with Gasteiger partial charge in [0.1, 0.15) is 0 Å². The summed E-state index contributed by atoms with van der Waals surface area (Å²) < 4.78 is 1.82. The van der Waals surface area contributed by atoms with Gasteiger partial charge in [0.15, 0.2) is 0 Å². The molecule has 1 rings (SSSR count). The van der Waals surface area contributed by atoms with Crippen molar-refractivity contribution in [2.45, 2.75) is 24.5 Å². The fraction of sp³-hybridized carbons (Fsp3) is 0.600. The first-order valence-corrected chi connectivity index (χ1v) is 8.45. The van der Waals surface area contributed by atoms with E-state index in [0.717, 1.165) is 8.37 Å². The summed E-state index contributed by atoms with van der Waals surface area (Å²) >= 11 is 10.6. The number of allylic oxidation sites excluding steroid dienone is 4. The van der Waals surface area contributed by atoms with Crippen molar-refractivity contribution in [2.75, 3.05) is 8.37 Å². The molecule has 0 nitrogen and oxygen atoms in total. The molecule has 13 heavy (non-hydrogen) atoms. The van der Waals surface area contributed by atoms with Crippen LogP contribution in [0.4, 0.5) is 0 Å². The third-order valence-corrected chi connectivity index (χ3v) is 9.64. The van der Waals surface area contributed by atoms with Crippen molar-refractivity contribution < 1.29 is 17.9 Å². The van der Waals surface area contributed by atoms with Crippen LogP contribution < -0.4 is 0 Å². The van der Waals surface area contributed by atoms with Gasteiger partial charge in [-0.15, -0.1) is 0 Å². The Hall–Kier alpha value is 0.774. The molecule has 1 aliphatic rings. The second-order valence-corrected chi connectivity index (χ2v) is 10.3. The summed E-state index contributed by atoms with van der Waals surface area (Å²) in [6.45, 7) is 6.63. The van der Waals surface area contributed by atoms with Crippen molar-refractivity contribution in [3.8, 4) is 0 Å². The standard InChI is InChI=1S/C8H11.2CH2Cl.Ti/c1-6-4-7(2)8(3)5-6;2*1-2;/h4-5H,1-3H3;2*1H2;. The average Bonchev–Trinajstić information content (AvgIpc) is 2.29. The monoisotopic (exact) mass is 253 g/mol. The molecule has 73 valence electrons. The minimum atomic E-state index is -1.35. The number of hydrogen-bond donors (Lipinski definition) is 0. The van der Waals surface area contributed by atoms with E-state index >= 15 is 0 Å². The van der Waals surface area contributed by atoms with Crippen LogP contribution in [0.1, 0.15) is 20.8 Å². The van der Waals surface area contributed by atoms with E-state index in [4.69, 9.17) is 23.2 Å². The Morgan fingerprint density at radius 2 is 1.85 bits per heavy atom. The molecule has 0 saturated heterocycles. The van der Waals surface area contributed by atoms with E-state index in [1.54, 1.807) is 0 Å². The van der Waals surface area contributed by atoms with Gasteiger partial charge in [0, 0.05) is 0 Å². The molecule has 0 bridgehead atoms. The van der Waals surface area contributed by atoms with E-state index in [-0.39, 0.29) is 3.72 Å². The van der Waals surface area contributed by atoms with Crippen LogP contribution in [0.5, 0.6) is 0 Å². The molecule has 3 heteroatoms. The predicted molar refractivity (Wildman–Crippen MR) is 57.3 cm³/mol. The van der Waals surface area contributed by atoms with E-state index in [1.807, 2.05) is 0 Å². The Morgan fingerprint density at radius 3 is 2.15 bits per heavy atom. The molecule has 1 aliphatic carbocycles. The summed E-state index contributed by atoms with van der Waals surface area (Å²) in [5.74, 6) is 0. The van der Waals surface area contributed by atoms with E-state index < -0.39 is 17.9 Å². The number of hydrogen-bond acceptors (Lipinski definition) is 0. The molecule has 1 unspecified atom stereocenters. The summed E-state index contributed by atoms with van der Waals surface area (Å²) in [4.78, 5) is 0. The minimum absolute atomic E-state index is 0.244. The molecule has 0 aromatic rings. The van der Waals surface area contributed by atoms with Crippen molar-refractivity contribution in [1.82, 2.24) is 0 Å². The van der Waals surface area contributed by atoms with Crippen LogP contribution in [0, 0.1) is 0 Å². The summed E-state index contributed by atoms with van der Waals surface area (Å²) in [6, 6.07) is 0. The Balaban J connectivity index is 2.95. The van der Waals surface area contributed by atoms with Crippen LogP contribution >= 0.6 is 23.2 Å². The van der Waals surface area contributed by atoms with Crippen LogP contribution in [0.3, 0.4) is 0 Å². The maximum atomic E-state index is 5.98. The van der Waals surface area contributed by atoms with Crippen molar-refractivity contribution in [2.24, 2.45) is 0 Å². The zero-order valence-electron chi connectivity index (χ0n) is 8.32. The predicted octanol–water partition coefficient (Wildman–Crippen LogP) is 4.08. The van der Waals surface area contributed by atoms with Crippen molar-refractivity contribution in [3.63, 3.8) is 0 Å². The molecule has 0 N–H and O–H groups in total. The van der Waals surface area contributed by atoms with Gasteiger partial charge in [-0.1, -0.05) is 0 Å². The van der Waals surface area contributed by atoms with Crippen LogP contribution in [-0.4, -0.2) is 8.37 Å². The molecular weight excluding hydrogens is 239 g/mol. The maximum absolute atomic E-state index is 5.98. The third kappa shape index (κ3) is 2.23. The van der Waals surface area contributed by atoms with E-state index in [2.05, 4.69) is 32.9 Å². The van der Waals surface area contributed by atoms with Crippen LogP contribution in [0.2, 0.25) is 3.72 Å². The van der Waals surface area contributed by atoms with Gasteiger partial charge >= 0.3 is 97.2 Å². The second-order valence-electron chi connectivity index (χ2n) is 3.79. The molecule has 0 aromatic heterocycles. The van der Waals surface area contributed by atoms with E-state index in [1.165, 1.54) is 11.1 Å². The number of rotatable bonds is 3. The number of alkyl halides is 2. The third-order valence-electron chi connectivity index (χ3n) is 2.84. The average molecular weight is 254 g/mol. The Morgan fingerprint density at radius 1 is 1.31 bits per heavy atom. The summed E-state index contributed by atoms with van der Waals surface area (Å²) in [5, 5.41) is 0. The SMILES string of the molecule is CC1=C[C](C)([Ti]([CH2]Cl)[CH2]Cl)C(C)=C1. The summed E-state index contributed by atoms with van der Waals surface area (Å²) in [6.07, 6.45) is 4.61. The van der Waals surface area contributed by atoms with Crippen molar-refractivity contribution in [3.05, 3.63) is 23.3 Å². The van der Waals surface area contributed by atoms with Gasteiger partial charge < -0.3 is 0 Å². The molecule has 0 fully saturated rings. The van der Waals surface area contributed by atoms with Crippen LogP contribution in [0.15, 0.2) is 23.3 Å². The molecule has 1 atom stereocenters. The Labute approximate surface area is 96.8 Å². The van der Waals surface area contributed by atoms with E-state index in [9.17, 15) is 0 Å². The van der Waals surface area contributed by atoms with Crippen molar-refractivity contribution >= 4 is 23.2 Å². The fourth-order valence-corrected chi connectivity index (χ4v) is 7.90. The quantitative estimate of drug-likeness (QED) is 0.525. The zero-order valence-corrected chi connectivity index (χ0v) is 11.4. The van der Waals surface area contributed by atoms with Gasteiger partial charge in [0.05, 0.1) is 0 Å². The van der Waals surface area contributed by atoms with Gasteiger partial charge in [0.25, 0.3) is 0 Å². The van der Waals surface area contributed by atoms with Gasteiger partial charge in [0.2, 0.25) is 0 Å². The molecule has 0 radical (unpaired) electrons. The molecule has 0 aromatic carbocycles. The van der Waals surface area contributed by atoms with E-state index in [0.29, 0.717) is 0 Å². The molecule has 0 spiro atoms.